The second-order valence-electron chi connectivity index (χ2n) is 13.1. The Morgan fingerprint density at radius 2 is 1.31 bits per heavy atom. The van der Waals surface area contributed by atoms with E-state index in [1.54, 1.807) is 0 Å². The monoisotopic (exact) mass is 786 g/mol. The van der Waals surface area contributed by atoms with Crippen LogP contribution in [0.1, 0.15) is 6.92 Å². The number of hydrogen-bond donors (Lipinski definition) is 13. The number of aliphatic hydroxyl groups is 9. The van der Waals surface area contributed by atoms with E-state index in [0.717, 1.165) is 30.3 Å². The van der Waals surface area contributed by atoms with Crippen molar-refractivity contribution in [2.75, 3.05) is 6.61 Å². The number of carboxylic acid groups (broad SMARTS) is 1. The maximum atomic E-state index is 13.9. The minimum Gasteiger partial charge on any atom is -0.508 e. The number of carboxylic acids is 1. The molecule has 3 aromatic rings. The second kappa shape index (κ2) is 15.6. The fourth-order valence-corrected chi connectivity index (χ4v) is 6.21. The van der Waals surface area contributed by atoms with E-state index < -0.39 is 156 Å². The summed E-state index contributed by atoms with van der Waals surface area (Å²) in [5, 5.41) is 133. The molecule has 2 aromatic carbocycles. The van der Waals surface area contributed by atoms with Crippen LogP contribution in [0.4, 0.5) is 0 Å². The Morgan fingerprint density at radius 3 is 1.96 bits per heavy atom. The van der Waals surface area contributed by atoms with Crippen molar-refractivity contribution in [3.05, 3.63) is 40.6 Å². The average molecular weight is 787 g/mol. The Morgan fingerprint density at radius 1 is 0.691 bits per heavy atom. The van der Waals surface area contributed by atoms with Crippen LogP contribution in [0.3, 0.4) is 0 Å². The minimum absolute atomic E-state index is 0.199. The van der Waals surface area contributed by atoms with Crippen LogP contribution in [0.2, 0.25) is 0 Å². The summed E-state index contributed by atoms with van der Waals surface area (Å²) in [5.41, 5.74) is -1.74. The van der Waals surface area contributed by atoms with Gasteiger partial charge in [0.15, 0.2) is 29.7 Å². The molecule has 0 amide bonds. The fourth-order valence-electron chi connectivity index (χ4n) is 6.21. The highest BCUT2D eigenvalue weighted by atomic mass is 16.7. The molecule has 3 saturated heterocycles. The number of aliphatic carboxylic acids is 1. The van der Waals surface area contributed by atoms with Gasteiger partial charge in [0.1, 0.15) is 83.5 Å². The Labute approximate surface area is 307 Å². The van der Waals surface area contributed by atoms with Gasteiger partial charge in [0, 0.05) is 17.7 Å². The van der Waals surface area contributed by atoms with Gasteiger partial charge in [0.2, 0.25) is 23.8 Å². The van der Waals surface area contributed by atoms with Gasteiger partial charge in [-0.05, 0) is 25.1 Å². The molecule has 15 atom stereocenters. The number of phenols is 3. The van der Waals surface area contributed by atoms with Crippen LogP contribution >= 0.6 is 0 Å². The zero-order chi connectivity index (χ0) is 40.2. The van der Waals surface area contributed by atoms with Crippen LogP contribution in [0.25, 0.3) is 22.3 Å². The third kappa shape index (κ3) is 7.60. The van der Waals surface area contributed by atoms with Crippen molar-refractivity contribution in [2.24, 2.45) is 0 Å². The smallest absolute Gasteiger partial charge is 0.335 e. The predicted molar refractivity (Wildman–Crippen MR) is 173 cm³/mol. The highest BCUT2D eigenvalue weighted by Gasteiger charge is 2.49. The van der Waals surface area contributed by atoms with Crippen LogP contribution in [0, 0.1) is 0 Å². The van der Waals surface area contributed by atoms with Gasteiger partial charge in [-0.25, -0.2) is 4.79 Å². The molecular formula is C33H38O22. The third-order valence-corrected chi connectivity index (χ3v) is 9.33. The zero-order valence-electron chi connectivity index (χ0n) is 28.2. The van der Waals surface area contributed by atoms with Crippen molar-refractivity contribution < 1.29 is 104 Å². The molecule has 3 aliphatic rings. The summed E-state index contributed by atoms with van der Waals surface area (Å²) in [4.78, 5) is 25.4. The Hall–Kier alpha value is -4.40. The van der Waals surface area contributed by atoms with Gasteiger partial charge < -0.3 is 99.2 Å². The third-order valence-electron chi connectivity index (χ3n) is 9.33. The molecule has 0 bridgehead atoms. The van der Waals surface area contributed by atoms with E-state index in [9.17, 15) is 76.0 Å². The summed E-state index contributed by atoms with van der Waals surface area (Å²) in [6, 6.07) is 4.85. The maximum absolute atomic E-state index is 13.9. The lowest BCUT2D eigenvalue weighted by atomic mass is 9.98. The molecule has 0 saturated carbocycles. The number of aromatic hydroxyl groups is 3. The Kier molecular flexibility index (Phi) is 11.4. The lowest BCUT2D eigenvalue weighted by molar-refractivity contribution is -0.318. The molecule has 6 rings (SSSR count). The number of benzene rings is 2. The number of fused-ring (bicyclic) bond motifs is 1. The highest BCUT2D eigenvalue weighted by Crippen LogP contribution is 2.40. The first-order valence-corrected chi connectivity index (χ1v) is 16.5. The average Bonchev–Trinajstić information content (AvgIpc) is 3.13. The van der Waals surface area contributed by atoms with Crippen molar-refractivity contribution in [1.82, 2.24) is 0 Å². The number of rotatable bonds is 9. The molecule has 22 nitrogen and oxygen atoms in total. The van der Waals surface area contributed by atoms with Gasteiger partial charge in [-0.15, -0.1) is 0 Å². The van der Waals surface area contributed by atoms with Gasteiger partial charge in [0.05, 0.1) is 12.7 Å². The standard InChI is InChI=1S/C33H38O22/c1-8-17(37)20(40)24(44)31(50-8)49-7-15-18(38)21(41)25(45)33(53-15)54-28-19(39)16-12(36)5-10(34)6-14(16)51-27(28)9-2-3-13(11(35)4-9)52-32-26(46)22(42)23(43)29(55-32)30(47)48/h2-6,8,15,17-18,20-26,29,31-38,40-46H,7H2,1H3,(H,47,48)/t8-,15+,17-,18+,20+,21-,22-,23-,24+,25+,26+,29-,31+,32+,33-/m0/s1. The minimum atomic E-state index is -2.08. The molecular weight excluding hydrogens is 748 g/mol. The molecule has 3 fully saturated rings. The largest absolute Gasteiger partial charge is 0.508 e. The summed E-state index contributed by atoms with van der Waals surface area (Å²) in [7, 11) is 0. The van der Waals surface area contributed by atoms with Crippen LogP contribution in [0.15, 0.2) is 39.5 Å². The molecule has 4 heterocycles. The van der Waals surface area contributed by atoms with E-state index in [1.807, 2.05) is 0 Å². The lowest BCUT2D eigenvalue weighted by Crippen LogP contribution is -2.61. The first-order valence-electron chi connectivity index (χ1n) is 16.5. The van der Waals surface area contributed by atoms with Gasteiger partial charge in [-0.1, -0.05) is 0 Å². The van der Waals surface area contributed by atoms with Crippen molar-refractivity contribution in [3.63, 3.8) is 0 Å². The fraction of sp³-hybridized carbons (Fsp3) is 0.515. The molecule has 0 unspecified atom stereocenters. The Balaban J connectivity index is 1.31. The lowest BCUT2D eigenvalue weighted by Gasteiger charge is -2.42. The van der Waals surface area contributed by atoms with Crippen molar-refractivity contribution in [3.8, 4) is 40.1 Å². The van der Waals surface area contributed by atoms with Crippen molar-refractivity contribution in [1.29, 1.82) is 0 Å². The SMILES string of the molecule is C[C@@H]1O[C@@H](OC[C@H]2O[C@@H](Oc3c(-c4ccc(O[C@@H]5O[C@H](C(=O)O)[C@@H](O)[C@H](O)[C@H]5O)c(O)c4)oc4cc(O)cc(O)c4c3=O)[C@H](O)[C@@H](O)[C@@H]2O)[C@H](O)[C@H](O)[C@H]1O. The second-order valence-corrected chi connectivity index (χ2v) is 13.1. The molecule has 0 radical (unpaired) electrons. The predicted octanol–water partition coefficient (Wildman–Crippen LogP) is -4.12. The maximum Gasteiger partial charge on any atom is 0.335 e. The Bertz CT molecular complexity index is 1940. The van der Waals surface area contributed by atoms with Crippen molar-refractivity contribution >= 4 is 16.9 Å². The first-order chi connectivity index (χ1) is 25.9. The summed E-state index contributed by atoms with van der Waals surface area (Å²) in [6.45, 7) is 0.709. The summed E-state index contributed by atoms with van der Waals surface area (Å²) in [6.07, 6.45) is -26.9. The van der Waals surface area contributed by atoms with Crippen LogP contribution in [-0.4, -0.2) is 171 Å². The van der Waals surface area contributed by atoms with Crippen molar-refractivity contribution in [2.45, 2.75) is 99.0 Å². The molecule has 3 aliphatic heterocycles. The van der Waals surface area contributed by atoms with Gasteiger partial charge >= 0.3 is 5.97 Å². The number of phenolic OH excluding ortho intramolecular Hbond substituents is 3. The van der Waals surface area contributed by atoms with E-state index in [-0.39, 0.29) is 5.56 Å². The molecule has 1 aromatic heterocycles. The number of hydrogen-bond acceptors (Lipinski definition) is 21. The normalized spacial score (nSPS) is 36.7. The van der Waals surface area contributed by atoms with Gasteiger partial charge in [-0.2, -0.15) is 0 Å². The van der Waals surface area contributed by atoms with E-state index in [2.05, 4.69) is 0 Å². The van der Waals surface area contributed by atoms with E-state index in [0.29, 0.717) is 0 Å². The topological polar surface area (TPSA) is 366 Å². The summed E-state index contributed by atoms with van der Waals surface area (Å²) >= 11 is 0. The molecule has 302 valence electrons. The van der Waals surface area contributed by atoms with E-state index in [1.165, 1.54) is 6.92 Å². The summed E-state index contributed by atoms with van der Waals surface area (Å²) in [5.74, 6) is -5.61. The van der Waals surface area contributed by atoms with Gasteiger partial charge in [0.25, 0.3) is 0 Å². The first kappa shape index (κ1) is 40.3. The highest BCUT2D eigenvalue weighted by molar-refractivity contribution is 5.88. The number of ether oxygens (including phenoxy) is 6. The molecule has 0 spiro atoms. The van der Waals surface area contributed by atoms with Crippen LogP contribution < -0.4 is 14.9 Å². The number of carbonyl (C=O) groups is 1. The van der Waals surface area contributed by atoms with E-state index >= 15 is 0 Å². The quantitative estimate of drug-likeness (QED) is 0.0979. The van der Waals surface area contributed by atoms with Crippen LogP contribution in [-0.2, 0) is 23.7 Å². The number of aliphatic hydroxyl groups excluding tert-OH is 9. The zero-order valence-corrected chi connectivity index (χ0v) is 28.2. The molecule has 22 heteroatoms. The van der Waals surface area contributed by atoms with Crippen LogP contribution in [0.5, 0.6) is 28.7 Å². The van der Waals surface area contributed by atoms with E-state index in [4.69, 9.17) is 32.8 Å². The summed E-state index contributed by atoms with van der Waals surface area (Å²) < 4.78 is 38.5. The molecule has 55 heavy (non-hydrogen) atoms. The van der Waals surface area contributed by atoms with Gasteiger partial charge in [-0.3, -0.25) is 4.79 Å². The molecule has 13 N–H and O–H groups in total. The molecule has 0 aliphatic carbocycles.